The fourth-order valence-electron chi connectivity index (χ4n) is 2.61. The molecule has 1 saturated heterocycles. The van der Waals surface area contributed by atoms with Crippen molar-refractivity contribution in [3.05, 3.63) is 35.6 Å². The molecular formula is C16H23FN2O. The molecule has 1 aromatic carbocycles. The zero-order valence-corrected chi connectivity index (χ0v) is 12.2. The lowest BCUT2D eigenvalue weighted by molar-refractivity contribution is 0.192. The molecule has 0 saturated carbocycles. The van der Waals surface area contributed by atoms with Gasteiger partial charge in [-0.25, -0.2) is 9.18 Å². The second kappa shape index (κ2) is 6.73. The lowest BCUT2D eigenvalue weighted by Crippen LogP contribution is -2.40. The number of urea groups is 1. The molecule has 0 bridgehead atoms. The van der Waals surface area contributed by atoms with Crippen molar-refractivity contribution in [1.82, 2.24) is 10.2 Å². The Morgan fingerprint density at radius 2 is 2.10 bits per heavy atom. The quantitative estimate of drug-likeness (QED) is 0.894. The van der Waals surface area contributed by atoms with Gasteiger partial charge >= 0.3 is 6.03 Å². The molecule has 0 aromatic heterocycles. The SMILES string of the molecule is CC(C)CCNC(=O)N1CCC[C@H]1c1ccc(F)cc1. The van der Waals surface area contributed by atoms with E-state index in [4.69, 9.17) is 0 Å². The van der Waals surface area contributed by atoms with E-state index in [-0.39, 0.29) is 17.9 Å². The predicted molar refractivity (Wildman–Crippen MR) is 77.9 cm³/mol. The van der Waals surface area contributed by atoms with Crippen LogP contribution in [-0.4, -0.2) is 24.0 Å². The molecule has 1 N–H and O–H groups in total. The highest BCUT2D eigenvalue weighted by Crippen LogP contribution is 2.31. The highest BCUT2D eigenvalue weighted by atomic mass is 19.1. The monoisotopic (exact) mass is 278 g/mol. The van der Waals surface area contributed by atoms with Gasteiger partial charge in [-0.15, -0.1) is 0 Å². The maximum atomic E-state index is 13.0. The van der Waals surface area contributed by atoms with E-state index < -0.39 is 0 Å². The first-order valence-electron chi connectivity index (χ1n) is 7.38. The van der Waals surface area contributed by atoms with Crippen LogP contribution in [0.4, 0.5) is 9.18 Å². The Morgan fingerprint density at radius 3 is 2.75 bits per heavy atom. The van der Waals surface area contributed by atoms with Crippen LogP contribution < -0.4 is 5.32 Å². The summed E-state index contributed by atoms with van der Waals surface area (Å²) in [5.74, 6) is 0.349. The normalized spacial score (nSPS) is 18.6. The number of amides is 2. The number of carbonyl (C=O) groups is 1. The fourth-order valence-corrected chi connectivity index (χ4v) is 2.61. The van der Waals surface area contributed by atoms with Gasteiger partial charge in [0.1, 0.15) is 5.82 Å². The van der Waals surface area contributed by atoms with E-state index >= 15 is 0 Å². The van der Waals surface area contributed by atoms with Crippen molar-refractivity contribution < 1.29 is 9.18 Å². The Hall–Kier alpha value is -1.58. The van der Waals surface area contributed by atoms with Gasteiger partial charge in [0, 0.05) is 13.1 Å². The molecular weight excluding hydrogens is 255 g/mol. The predicted octanol–water partition coefficient (Wildman–Crippen LogP) is 3.72. The van der Waals surface area contributed by atoms with Crippen LogP contribution in [-0.2, 0) is 0 Å². The second-order valence-corrected chi connectivity index (χ2v) is 5.82. The zero-order chi connectivity index (χ0) is 14.5. The molecule has 1 atom stereocenters. The van der Waals surface area contributed by atoms with Crippen LogP contribution in [0.1, 0.15) is 44.7 Å². The van der Waals surface area contributed by atoms with Crippen molar-refractivity contribution in [3.63, 3.8) is 0 Å². The summed E-state index contributed by atoms with van der Waals surface area (Å²) in [7, 11) is 0. The minimum atomic E-state index is -0.236. The van der Waals surface area contributed by atoms with Crippen molar-refractivity contribution in [3.8, 4) is 0 Å². The van der Waals surface area contributed by atoms with Crippen LogP contribution in [0.5, 0.6) is 0 Å². The van der Waals surface area contributed by atoms with Crippen molar-refractivity contribution in [1.29, 1.82) is 0 Å². The molecule has 110 valence electrons. The topological polar surface area (TPSA) is 32.3 Å². The number of rotatable bonds is 4. The molecule has 20 heavy (non-hydrogen) atoms. The summed E-state index contributed by atoms with van der Waals surface area (Å²) in [5.41, 5.74) is 1.02. The summed E-state index contributed by atoms with van der Waals surface area (Å²) in [5, 5.41) is 2.98. The van der Waals surface area contributed by atoms with Gasteiger partial charge in [0.15, 0.2) is 0 Å². The summed E-state index contributed by atoms with van der Waals surface area (Å²) < 4.78 is 13.0. The highest BCUT2D eigenvalue weighted by Gasteiger charge is 2.29. The Bertz CT molecular complexity index is 444. The molecule has 0 spiro atoms. The molecule has 1 aliphatic rings. The summed E-state index contributed by atoms with van der Waals surface area (Å²) in [4.78, 5) is 14.1. The van der Waals surface area contributed by atoms with Gasteiger partial charge in [0.05, 0.1) is 6.04 Å². The Labute approximate surface area is 120 Å². The number of benzene rings is 1. The summed E-state index contributed by atoms with van der Waals surface area (Å²) in [6.45, 7) is 5.77. The van der Waals surface area contributed by atoms with Crippen LogP contribution in [0.3, 0.4) is 0 Å². The Kier molecular flexibility index (Phi) is 4.99. The van der Waals surface area contributed by atoms with Gasteiger partial charge in [-0.2, -0.15) is 0 Å². The molecule has 3 nitrogen and oxygen atoms in total. The van der Waals surface area contributed by atoms with Gasteiger partial charge < -0.3 is 10.2 Å². The van der Waals surface area contributed by atoms with E-state index in [2.05, 4.69) is 19.2 Å². The standard InChI is InChI=1S/C16H23FN2O/c1-12(2)9-10-18-16(20)19-11-3-4-15(19)13-5-7-14(17)8-6-13/h5-8,12,15H,3-4,9-11H2,1-2H3,(H,18,20)/t15-/m0/s1. The third-order valence-corrected chi connectivity index (χ3v) is 3.77. The van der Waals surface area contributed by atoms with Crippen LogP contribution >= 0.6 is 0 Å². The number of likely N-dealkylation sites (tertiary alicyclic amines) is 1. The fraction of sp³-hybridized carbons (Fsp3) is 0.562. The summed E-state index contributed by atoms with van der Waals surface area (Å²) in [6.07, 6.45) is 2.93. The van der Waals surface area contributed by atoms with Crippen LogP contribution in [0.2, 0.25) is 0 Å². The van der Waals surface area contributed by atoms with Gasteiger partial charge in [-0.3, -0.25) is 0 Å². The minimum Gasteiger partial charge on any atom is -0.338 e. The third-order valence-electron chi connectivity index (χ3n) is 3.77. The maximum absolute atomic E-state index is 13.0. The van der Waals surface area contributed by atoms with Gasteiger partial charge in [-0.1, -0.05) is 26.0 Å². The van der Waals surface area contributed by atoms with Crippen LogP contribution in [0, 0.1) is 11.7 Å². The van der Waals surface area contributed by atoms with Gasteiger partial charge in [0.2, 0.25) is 0 Å². The van der Waals surface area contributed by atoms with Crippen molar-refractivity contribution >= 4 is 6.03 Å². The second-order valence-electron chi connectivity index (χ2n) is 5.82. The Morgan fingerprint density at radius 1 is 1.40 bits per heavy atom. The minimum absolute atomic E-state index is 0.00234. The smallest absolute Gasteiger partial charge is 0.317 e. The maximum Gasteiger partial charge on any atom is 0.317 e. The number of hydrogen-bond acceptors (Lipinski definition) is 1. The molecule has 0 radical (unpaired) electrons. The molecule has 0 unspecified atom stereocenters. The molecule has 2 amide bonds. The molecule has 1 aromatic rings. The van der Waals surface area contributed by atoms with E-state index in [0.717, 1.165) is 31.4 Å². The van der Waals surface area contributed by atoms with Crippen molar-refractivity contribution in [2.45, 2.75) is 39.2 Å². The Balaban J connectivity index is 1.96. The largest absolute Gasteiger partial charge is 0.338 e. The number of nitrogens with zero attached hydrogens (tertiary/aromatic N) is 1. The molecule has 1 aliphatic heterocycles. The summed E-state index contributed by atoms with van der Waals surface area (Å²) >= 11 is 0. The van der Waals surface area contributed by atoms with Crippen molar-refractivity contribution in [2.24, 2.45) is 5.92 Å². The van der Waals surface area contributed by atoms with E-state index in [1.165, 1.54) is 12.1 Å². The average Bonchev–Trinajstić information content (AvgIpc) is 2.88. The molecule has 1 fully saturated rings. The first kappa shape index (κ1) is 14.8. The van der Waals surface area contributed by atoms with E-state index in [9.17, 15) is 9.18 Å². The first-order valence-corrected chi connectivity index (χ1v) is 7.38. The first-order chi connectivity index (χ1) is 9.58. The average molecular weight is 278 g/mol. The van der Waals surface area contributed by atoms with E-state index in [0.29, 0.717) is 12.5 Å². The van der Waals surface area contributed by atoms with Crippen molar-refractivity contribution in [2.75, 3.05) is 13.1 Å². The van der Waals surface area contributed by atoms with E-state index in [1.54, 1.807) is 12.1 Å². The number of halogens is 1. The molecule has 2 rings (SSSR count). The summed E-state index contributed by atoms with van der Waals surface area (Å²) in [6, 6.07) is 6.55. The van der Waals surface area contributed by atoms with Crippen LogP contribution in [0.25, 0.3) is 0 Å². The van der Waals surface area contributed by atoms with Gasteiger partial charge in [0.25, 0.3) is 0 Å². The lowest BCUT2D eigenvalue weighted by atomic mass is 10.0. The van der Waals surface area contributed by atoms with E-state index in [1.807, 2.05) is 4.90 Å². The van der Waals surface area contributed by atoms with Crippen LogP contribution in [0.15, 0.2) is 24.3 Å². The number of carbonyl (C=O) groups excluding carboxylic acids is 1. The third kappa shape index (κ3) is 3.71. The zero-order valence-electron chi connectivity index (χ0n) is 12.2. The molecule has 0 aliphatic carbocycles. The lowest BCUT2D eigenvalue weighted by Gasteiger charge is -2.25. The molecule has 1 heterocycles. The van der Waals surface area contributed by atoms with Gasteiger partial charge in [-0.05, 0) is 42.9 Å². The molecule has 4 heteroatoms. The number of hydrogen-bond donors (Lipinski definition) is 1. The number of nitrogens with one attached hydrogen (secondary N) is 1. The highest BCUT2D eigenvalue weighted by molar-refractivity contribution is 5.75.